The molecular formula is C16H21NO4. The predicted molar refractivity (Wildman–Crippen MR) is 79.6 cm³/mol. The summed E-state index contributed by atoms with van der Waals surface area (Å²) < 4.78 is 5.34. The van der Waals surface area contributed by atoms with E-state index in [-0.39, 0.29) is 11.8 Å². The smallest absolute Gasteiger partial charge is 0.306 e. The van der Waals surface area contributed by atoms with Crippen molar-refractivity contribution in [3.8, 4) is 5.75 Å². The fourth-order valence-corrected chi connectivity index (χ4v) is 2.96. The van der Waals surface area contributed by atoms with Crippen molar-refractivity contribution in [1.82, 2.24) is 0 Å². The van der Waals surface area contributed by atoms with Gasteiger partial charge < -0.3 is 15.2 Å². The number of anilines is 1. The van der Waals surface area contributed by atoms with Crippen molar-refractivity contribution in [3.05, 3.63) is 23.3 Å². The lowest BCUT2D eigenvalue weighted by Crippen LogP contribution is -2.22. The van der Waals surface area contributed by atoms with Gasteiger partial charge >= 0.3 is 5.97 Å². The maximum Gasteiger partial charge on any atom is 0.306 e. The summed E-state index contributed by atoms with van der Waals surface area (Å²) >= 11 is 0. The molecule has 5 nitrogen and oxygen atoms in total. The van der Waals surface area contributed by atoms with Crippen LogP contribution in [0.4, 0.5) is 5.69 Å². The molecular weight excluding hydrogens is 270 g/mol. The van der Waals surface area contributed by atoms with E-state index in [2.05, 4.69) is 5.32 Å². The lowest BCUT2D eigenvalue weighted by atomic mass is 10.0. The first-order valence-corrected chi connectivity index (χ1v) is 7.12. The van der Waals surface area contributed by atoms with Crippen LogP contribution in [-0.4, -0.2) is 24.1 Å². The molecule has 0 aromatic heterocycles. The second kappa shape index (κ2) is 6.16. The maximum absolute atomic E-state index is 12.3. The number of methoxy groups -OCH3 is 1. The molecule has 1 aliphatic carbocycles. The van der Waals surface area contributed by atoms with Crippen molar-refractivity contribution in [2.45, 2.75) is 33.1 Å². The van der Waals surface area contributed by atoms with Crippen molar-refractivity contribution >= 4 is 17.6 Å². The summed E-state index contributed by atoms with van der Waals surface area (Å²) in [5, 5.41) is 11.9. The van der Waals surface area contributed by atoms with Crippen LogP contribution in [0.25, 0.3) is 0 Å². The Hall–Kier alpha value is -2.04. The molecule has 2 rings (SSSR count). The monoisotopic (exact) mass is 291 g/mol. The molecule has 1 saturated carbocycles. The van der Waals surface area contributed by atoms with Crippen LogP contribution in [0.3, 0.4) is 0 Å². The van der Waals surface area contributed by atoms with Gasteiger partial charge in [0.2, 0.25) is 5.91 Å². The lowest BCUT2D eigenvalue weighted by Gasteiger charge is -2.16. The predicted octanol–water partition coefficient (Wildman–Crippen LogP) is 2.75. The highest BCUT2D eigenvalue weighted by Crippen LogP contribution is 2.33. The van der Waals surface area contributed by atoms with Gasteiger partial charge in [0, 0.05) is 17.2 Å². The van der Waals surface area contributed by atoms with Gasteiger partial charge in [-0.15, -0.1) is 0 Å². The number of ether oxygens (including phenoxy) is 1. The average molecular weight is 291 g/mol. The van der Waals surface area contributed by atoms with Crippen molar-refractivity contribution in [3.63, 3.8) is 0 Å². The minimum Gasteiger partial charge on any atom is -0.496 e. The van der Waals surface area contributed by atoms with Crippen molar-refractivity contribution in [2.75, 3.05) is 12.4 Å². The number of rotatable bonds is 4. The summed E-state index contributed by atoms with van der Waals surface area (Å²) in [6.07, 6.45) is 1.62. The highest BCUT2D eigenvalue weighted by atomic mass is 16.5. The molecule has 114 valence electrons. The second-order valence-electron chi connectivity index (χ2n) is 5.62. The van der Waals surface area contributed by atoms with Gasteiger partial charge in [-0.25, -0.2) is 0 Å². The van der Waals surface area contributed by atoms with Crippen molar-refractivity contribution in [2.24, 2.45) is 11.8 Å². The summed E-state index contributed by atoms with van der Waals surface area (Å²) in [6, 6.07) is 3.75. The minimum absolute atomic E-state index is 0.104. The number of hydrogen-bond donors (Lipinski definition) is 2. The van der Waals surface area contributed by atoms with Crippen molar-refractivity contribution < 1.29 is 19.4 Å². The SMILES string of the molecule is COc1c(C)ccc(NC(=O)[C@@H]2CC[C@H](C(=O)O)C2)c1C. The fraction of sp³-hybridized carbons (Fsp3) is 0.500. The molecule has 1 aliphatic rings. The molecule has 0 saturated heterocycles. The third-order valence-electron chi connectivity index (χ3n) is 4.22. The molecule has 0 unspecified atom stereocenters. The highest BCUT2D eigenvalue weighted by molar-refractivity contribution is 5.94. The lowest BCUT2D eigenvalue weighted by molar-refractivity contribution is -0.141. The molecule has 0 heterocycles. The molecule has 5 heteroatoms. The van der Waals surface area contributed by atoms with E-state index in [0.29, 0.717) is 19.3 Å². The Bertz CT molecular complexity index is 568. The van der Waals surface area contributed by atoms with Crippen LogP contribution >= 0.6 is 0 Å². The number of aliphatic carboxylic acids is 1. The molecule has 0 aliphatic heterocycles. The number of hydrogen-bond acceptors (Lipinski definition) is 3. The third kappa shape index (κ3) is 3.17. The number of nitrogens with one attached hydrogen (secondary N) is 1. The third-order valence-corrected chi connectivity index (χ3v) is 4.22. The molecule has 0 radical (unpaired) electrons. The van der Waals surface area contributed by atoms with Gasteiger partial charge in [-0.2, -0.15) is 0 Å². The van der Waals surface area contributed by atoms with Crippen LogP contribution in [0.5, 0.6) is 5.75 Å². The molecule has 1 amide bonds. The number of carboxylic acids is 1. The molecule has 0 bridgehead atoms. The van der Waals surface area contributed by atoms with Gasteiger partial charge in [-0.1, -0.05) is 6.07 Å². The van der Waals surface area contributed by atoms with E-state index < -0.39 is 11.9 Å². The highest BCUT2D eigenvalue weighted by Gasteiger charge is 2.34. The van der Waals surface area contributed by atoms with E-state index in [0.717, 1.165) is 22.6 Å². The number of carbonyl (C=O) groups is 2. The zero-order valence-corrected chi connectivity index (χ0v) is 12.6. The Labute approximate surface area is 124 Å². The first kappa shape index (κ1) is 15.4. The number of amides is 1. The van der Waals surface area contributed by atoms with Gasteiger partial charge in [-0.3, -0.25) is 9.59 Å². The first-order valence-electron chi connectivity index (χ1n) is 7.12. The van der Waals surface area contributed by atoms with Crippen LogP contribution < -0.4 is 10.1 Å². The molecule has 0 spiro atoms. The van der Waals surface area contributed by atoms with Crippen LogP contribution in [0.2, 0.25) is 0 Å². The summed E-state index contributed by atoms with van der Waals surface area (Å²) in [7, 11) is 1.61. The summed E-state index contributed by atoms with van der Waals surface area (Å²) in [6.45, 7) is 3.85. The quantitative estimate of drug-likeness (QED) is 0.894. The Balaban J connectivity index is 2.09. The maximum atomic E-state index is 12.3. The van der Waals surface area contributed by atoms with Crippen LogP contribution in [0.1, 0.15) is 30.4 Å². The standard InChI is InChI=1S/C16H21NO4/c1-9-4-7-13(10(2)14(9)21-3)17-15(18)11-5-6-12(8-11)16(19)20/h4,7,11-12H,5-6,8H2,1-3H3,(H,17,18)(H,19,20)/t11-,12+/m1/s1. The Morgan fingerprint density at radius 3 is 2.48 bits per heavy atom. The van der Waals surface area contributed by atoms with Gasteiger partial charge in [-0.05, 0) is 44.7 Å². The van der Waals surface area contributed by atoms with E-state index in [1.807, 2.05) is 26.0 Å². The van der Waals surface area contributed by atoms with Crippen LogP contribution in [-0.2, 0) is 9.59 Å². The van der Waals surface area contributed by atoms with Gasteiger partial charge in [0.25, 0.3) is 0 Å². The molecule has 2 atom stereocenters. The Morgan fingerprint density at radius 2 is 1.90 bits per heavy atom. The van der Waals surface area contributed by atoms with Gasteiger partial charge in [0.05, 0.1) is 13.0 Å². The topological polar surface area (TPSA) is 75.6 Å². The van der Waals surface area contributed by atoms with Gasteiger partial charge in [0.15, 0.2) is 0 Å². The van der Waals surface area contributed by atoms with Gasteiger partial charge in [0.1, 0.15) is 5.75 Å². The largest absolute Gasteiger partial charge is 0.496 e. The Morgan fingerprint density at radius 1 is 1.24 bits per heavy atom. The van der Waals surface area contributed by atoms with E-state index in [9.17, 15) is 9.59 Å². The average Bonchev–Trinajstić information content (AvgIpc) is 2.92. The summed E-state index contributed by atoms with van der Waals surface area (Å²) in [4.78, 5) is 23.2. The van der Waals surface area contributed by atoms with E-state index >= 15 is 0 Å². The minimum atomic E-state index is -0.807. The molecule has 1 aromatic rings. The molecule has 21 heavy (non-hydrogen) atoms. The number of aryl methyl sites for hydroxylation is 1. The Kier molecular flexibility index (Phi) is 4.50. The molecule has 2 N–H and O–H groups in total. The number of carbonyl (C=O) groups excluding carboxylic acids is 1. The fourth-order valence-electron chi connectivity index (χ4n) is 2.96. The second-order valence-corrected chi connectivity index (χ2v) is 5.62. The molecule has 1 fully saturated rings. The summed E-state index contributed by atoms with van der Waals surface area (Å²) in [5.74, 6) is -0.763. The normalized spacial score (nSPS) is 21.1. The molecule has 1 aromatic carbocycles. The zero-order valence-electron chi connectivity index (χ0n) is 12.6. The zero-order chi connectivity index (χ0) is 15.6. The summed E-state index contributed by atoms with van der Waals surface area (Å²) in [5.41, 5.74) is 2.62. The van der Waals surface area contributed by atoms with Crippen LogP contribution in [0, 0.1) is 25.7 Å². The van der Waals surface area contributed by atoms with E-state index in [1.165, 1.54) is 0 Å². The van der Waals surface area contributed by atoms with Crippen molar-refractivity contribution in [1.29, 1.82) is 0 Å². The number of benzene rings is 1. The van der Waals surface area contributed by atoms with E-state index in [1.54, 1.807) is 7.11 Å². The number of carboxylic acid groups (broad SMARTS) is 1. The van der Waals surface area contributed by atoms with Crippen LogP contribution in [0.15, 0.2) is 12.1 Å². The van der Waals surface area contributed by atoms with E-state index in [4.69, 9.17) is 9.84 Å². The first-order chi connectivity index (χ1) is 9.93.